The van der Waals surface area contributed by atoms with Crippen molar-refractivity contribution in [1.82, 2.24) is 9.78 Å². The van der Waals surface area contributed by atoms with E-state index in [1.807, 2.05) is 4.68 Å². The van der Waals surface area contributed by atoms with Crippen molar-refractivity contribution in [2.75, 3.05) is 0 Å². The lowest BCUT2D eigenvalue weighted by atomic mass is 10.0. The summed E-state index contributed by atoms with van der Waals surface area (Å²) in [5.74, 6) is 1.07. The van der Waals surface area contributed by atoms with Gasteiger partial charge in [0, 0.05) is 18.0 Å². The zero-order chi connectivity index (χ0) is 11.5. The second-order valence-electron chi connectivity index (χ2n) is 4.49. The first-order chi connectivity index (χ1) is 7.77. The Kier molecular flexibility index (Phi) is 4.15. The van der Waals surface area contributed by atoms with Gasteiger partial charge >= 0.3 is 0 Å². The number of aromatic nitrogens is 2. The second-order valence-corrected chi connectivity index (χ2v) is 5.12. The van der Waals surface area contributed by atoms with E-state index in [0.717, 1.165) is 29.4 Å². The van der Waals surface area contributed by atoms with Crippen molar-refractivity contribution in [3.05, 3.63) is 16.4 Å². The lowest BCUT2D eigenvalue weighted by Gasteiger charge is -2.06. The predicted molar refractivity (Wildman–Crippen MR) is 68.3 cm³/mol. The molecule has 2 nitrogen and oxygen atoms in total. The Morgan fingerprint density at radius 2 is 2.06 bits per heavy atom. The minimum atomic E-state index is 0.481. The monoisotopic (exact) mass is 260 g/mol. The summed E-state index contributed by atoms with van der Waals surface area (Å²) in [5.41, 5.74) is 2.22. The van der Waals surface area contributed by atoms with E-state index in [1.54, 1.807) is 0 Å². The molecule has 0 amide bonds. The third-order valence-corrected chi connectivity index (χ3v) is 4.01. The largest absolute Gasteiger partial charge is 0.253 e. The highest BCUT2D eigenvalue weighted by Crippen LogP contribution is 2.37. The maximum Gasteiger partial charge on any atom is 0.131 e. The van der Waals surface area contributed by atoms with E-state index in [-0.39, 0.29) is 0 Å². The normalized spacial score (nSPS) is 17.2. The van der Waals surface area contributed by atoms with Gasteiger partial charge < -0.3 is 0 Å². The minimum Gasteiger partial charge on any atom is -0.253 e. The summed E-state index contributed by atoms with van der Waals surface area (Å²) in [4.78, 5) is 0. The molecule has 4 heteroatoms. The van der Waals surface area contributed by atoms with Gasteiger partial charge in [0.1, 0.15) is 5.15 Å². The van der Waals surface area contributed by atoms with E-state index in [0.29, 0.717) is 11.8 Å². The molecule has 0 radical (unpaired) electrons. The quantitative estimate of drug-likeness (QED) is 0.737. The molecule has 0 aliphatic heterocycles. The van der Waals surface area contributed by atoms with Gasteiger partial charge in [-0.3, -0.25) is 4.68 Å². The molecule has 0 spiro atoms. The molecular formula is C12H18Cl2N2. The molecule has 1 heterocycles. The van der Waals surface area contributed by atoms with Crippen LogP contribution in [0.5, 0.6) is 0 Å². The molecule has 1 aromatic rings. The second kappa shape index (κ2) is 5.42. The summed E-state index contributed by atoms with van der Waals surface area (Å²) >= 11 is 12.3. The number of hydrogen-bond acceptors (Lipinski definition) is 1. The van der Waals surface area contributed by atoms with Gasteiger partial charge in [0.2, 0.25) is 0 Å². The smallest absolute Gasteiger partial charge is 0.131 e. The van der Waals surface area contributed by atoms with Crippen molar-refractivity contribution in [2.45, 2.75) is 57.4 Å². The summed E-state index contributed by atoms with van der Waals surface area (Å²) in [7, 11) is 0. The van der Waals surface area contributed by atoms with Gasteiger partial charge in [0.05, 0.1) is 11.6 Å². The molecule has 0 bridgehead atoms. The third kappa shape index (κ3) is 2.23. The number of hydrogen-bond donors (Lipinski definition) is 0. The number of alkyl halides is 1. The molecule has 1 fully saturated rings. The number of halogens is 2. The van der Waals surface area contributed by atoms with Crippen LogP contribution in [-0.4, -0.2) is 9.78 Å². The molecule has 0 saturated heterocycles. The molecular weight excluding hydrogens is 243 g/mol. The minimum absolute atomic E-state index is 0.481. The zero-order valence-electron chi connectivity index (χ0n) is 9.68. The molecule has 90 valence electrons. The molecule has 1 aliphatic rings. The van der Waals surface area contributed by atoms with Crippen molar-refractivity contribution >= 4 is 23.2 Å². The van der Waals surface area contributed by atoms with E-state index in [1.165, 1.54) is 25.7 Å². The fourth-order valence-corrected chi connectivity index (χ4v) is 3.12. The fourth-order valence-electron chi connectivity index (χ4n) is 2.51. The standard InChI is InChI=1S/C12H18Cl2N2/c1-2-7-16-12(14)10(8-13)11(15-16)9-5-3-4-6-9/h9H,2-8H2,1H3. The molecule has 0 unspecified atom stereocenters. The molecule has 1 saturated carbocycles. The maximum absolute atomic E-state index is 6.30. The first kappa shape index (κ1) is 12.3. The summed E-state index contributed by atoms with van der Waals surface area (Å²) < 4.78 is 1.91. The lowest BCUT2D eigenvalue weighted by molar-refractivity contribution is 0.578. The Balaban J connectivity index is 2.31. The maximum atomic E-state index is 6.30. The molecule has 0 N–H and O–H groups in total. The first-order valence-electron chi connectivity index (χ1n) is 6.09. The lowest BCUT2D eigenvalue weighted by Crippen LogP contribution is -2.01. The summed E-state index contributed by atoms with van der Waals surface area (Å²) in [6.07, 6.45) is 6.15. The Bertz CT molecular complexity index is 354. The molecule has 0 aromatic carbocycles. The van der Waals surface area contributed by atoms with Crippen LogP contribution in [0.4, 0.5) is 0 Å². The van der Waals surface area contributed by atoms with E-state index in [9.17, 15) is 0 Å². The summed E-state index contributed by atoms with van der Waals surface area (Å²) in [5, 5.41) is 5.40. The van der Waals surface area contributed by atoms with Crippen LogP contribution in [0.2, 0.25) is 5.15 Å². The molecule has 1 aliphatic carbocycles. The number of nitrogens with zero attached hydrogens (tertiary/aromatic N) is 2. The Hall–Kier alpha value is -0.210. The van der Waals surface area contributed by atoms with Gasteiger partial charge in [-0.1, -0.05) is 31.4 Å². The summed E-state index contributed by atoms with van der Waals surface area (Å²) in [6, 6.07) is 0. The van der Waals surface area contributed by atoms with Crippen LogP contribution in [-0.2, 0) is 12.4 Å². The topological polar surface area (TPSA) is 17.8 Å². The van der Waals surface area contributed by atoms with Crippen LogP contribution in [0, 0.1) is 0 Å². The SMILES string of the molecule is CCCn1nc(C2CCCC2)c(CCl)c1Cl. The highest BCUT2D eigenvalue weighted by molar-refractivity contribution is 6.31. The van der Waals surface area contributed by atoms with E-state index in [2.05, 4.69) is 12.0 Å². The highest BCUT2D eigenvalue weighted by Gasteiger charge is 2.25. The zero-order valence-corrected chi connectivity index (χ0v) is 11.2. The van der Waals surface area contributed by atoms with Crippen molar-refractivity contribution in [1.29, 1.82) is 0 Å². The Morgan fingerprint density at radius 1 is 1.38 bits per heavy atom. The Labute approximate surface area is 107 Å². The number of rotatable bonds is 4. The highest BCUT2D eigenvalue weighted by atomic mass is 35.5. The average molecular weight is 261 g/mol. The fraction of sp³-hybridized carbons (Fsp3) is 0.750. The van der Waals surface area contributed by atoms with Crippen LogP contribution in [0.15, 0.2) is 0 Å². The number of aryl methyl sites for hydroxylation is 1. The van der Waals surface area contributed by atoms with Crippen LogP contribution < -0.4 is 0 Å². The van der Waals surface area contributed by atoms with E-state index >= 15 is 0 Å². The van der Waals surface area contributed by atoms with Crippen LogP contribution in [0.3, 0.4) is 0 Å². The van der Waals surface area contributed by atoms with Crippen molar-refractivity contribution in [2.24, 2.45) is 0 Å². The molecule has 16 heavy (non-hydrogen) atoms. The molecule has 1 aromatic heterocycles. The Morgan fingerprint density at radius 3 is 2.62 bits per heavy atom. The van der Waals surface area contributed by atoms with Crippen molar-refractivity contribution < 1.29 is 0 Å². The molecule has 0 atom stereocenters. The van der Waals surface area contributed by atoms with Crippen molar-refractivity contribution in [3.63, 3.8) is 0 Å². The third-order valence-electron chi connectivity index (χ3n) is 3.32. The van der Waals surface area contributed by atoms with Gasteiger partial charge in [-0.05, 0) is 19.3 Å². The van der Waals surface area contributed by atoms with Crippen LogP contribution >= 0.6 is 23.2 Å². The summed E-state index contributed by atoms with van der Waals surface area (Å²) in [6.45, 7) is 3.02. The van der Waals surface area contributed by atoms with Gasteiger partial charge in [-0.2, -0.15) is 5.10 Å². The van der Waals surface area contributed by atoms with E-state index < -0.39 is 0 Å². The average Bonchev–Trinajstić information content (AvgIpc) is 2.88. The van der Waals surface area contributed by atoms with Crippen molar-refractivity contribution in [3.8, 4) is 0 Å². The van der Waals surface area contributed by atoms with Crippen LogP contribution in [0.1, 0.15) is 56.2 Å². The van der Waals surface area contributed by atoms with E-state index in [4.69, 9.17) is 23.2 Å². The van der Waals surface area contributed by atoms with Gasteiger partial charge in [-0.15, -0.1) is 11.6 Å². The van der Waals surface area contributed by atoms with Gasteiger partial charge in [0.15, 0.2) is 0 Å². The predicted octanol–water partition coefficient (Wildman–Crippen LogP) is 4.34. The molecule has 2 rings (SSSR count). The van der Waals surface area contributed by atoms with Crippen LogP contribution in [0.25, 0.3) is 0 Å². The van der Waals surface area contributed by atoms with Gasteiger partial charge in [0.25, 0.3) is 0 Å². The first-order valence-corrected chi connectivity index (χ1v) is 7.00. The van der Waals surface area contributed by atoms with Gasteiger partial charge in [-0.25, -0.2) is 0 Å².